The highest BCUT2D eigenvalue weighted by Gasteiger charge is 2.51. The lowest BCUT2D eigenvalue weighted by atomic mass is 9.85. The van der Waals surface area contributed by atoms with Crippen molar-refractivity contribution in [2.45, 2.75) is 179 Å². The van der Waals surface area contributed by atoms with Gasteiger partial charge >= 0.3 is 19.8 Å². The van der Waals surface area contributed by atoms with Crippen molar-refractivity contribution < 1.29 is 63.1 Å². The van der Waals surface area contributed by atoms with Crippen LogP contribution in [0.3, 0.4) is 0 Å². The standard InChI is InChI=1S/C50H79O13P/c1-3-5-7-9-11-13-15-17-18-19-20-21-22-23-24-25-27-28-30-32-34-36-38-43(51)60-40-42(41-61-64(58,59)63-50-48(56)46(54)45(53)47(55)49(50)57)62-44(52)39-37-35-33-31-29-26-16-14-12-10-8-6-4-2/h5-8,10-14,16-18,20-21,23-24,27-28,42,45-50,53-57H,3-4,9,15,19,22,25-26,29-41H2,1-2H3,(H,58,59)/b7-5+,8-6+,12-10+,13-11+,16-14+,18-17+,21-20+,24-23+,28-27+/t42?,45?,46-,47?,48?,49?,50?/m0/s1. The molecule has 0 saturated heterocycles. The van der Waals surface area contributed by atoms with Crippen LogP contribution in [0.2, 0.25) is 0 Å². The van der Waals surface area contributed by atoms with Crippen LogP contribution >= 0.6 is 7.82 Å². The Kier molecular flexibility index (Phi) is 35.4. The van der Waals surface area contributed by atoms with E-state index < -0.39 is 75.7 Å². The molecule has 7 unspecified atom stereocenters. The van der Waals surface area contributed by atoms with Gasteiger partial charge in [-0.15, -0.1) is 0 Å². The summed E-state index contributed by atoms with van der Waals surface area (Å²) in [6, 6.07) is 0. The third-order valence-corrected chi connectivity index (χ3v) is 10.9. The van der Waals surface area contributed by atoms with Crippen molar-refractivity contribution in [1.82, 2.24) is 0 Å². The van der Waals surface area contributed by atoms with E-state index in [1.807, 2.05) is 24.3 Å². The van der Waals surface area contributed by atoms with E-state index in [0.717, 1.165) is 96.3 Å². The van der Waals surface area contributed by atoms with Crippen LogP contribution in [0.5, 0.6) is 0 Å². The van der Waals surface area contributed by atoms with Crippen LogP contribution in [-0.4, -0.2) is 98.3 Å². The number of allylic oxidation sites excluding steroid dienone is 18. The van der Waals surface area contributed by atoms with Gasteiger partial charge in [0.05, 0.1) is 6.61 Å². The highest BCUT2D eigenvalue weighted by Crippen LogP contribution is 2.47. The van der Waals surface area contributed by atoms with Gasteiger partial charge in [0.1, 0.15) is 43.2 Å². The monoisotopic (exact) mass is 919 g/mol. The van der Waals surface area contributed by atoms with Crippen LogP contribution in [0.4, 0.5) is 0 Å². The van der Waals surface area contributed by atoms with Crippen molar-refractivity contribution >= 4 is 19.8 Å². The van der Waals surface area contributed by atoms with Crippen molar-refractivity contribution in [3.63, 3.8) is 0 Å². The summed E-state index contributed by atoms with van der Waals surface area (Å²) >= 11 is 0. The number of phosphoric ester groups is 1. The molecule has 0 spiro atoms. The maximum atomic E-state index is 12.8. The number of unbranched alkanes of at least 4 members (excludes halogenated alkanes) is 8. The molecule has 0 amide bonds. The van der Waals surface area contributed by atoms with E-state index in [2.05, 4.69) is 98.9 Å². The summed E-state index contributed by atoms with van der Waals surface area (Å²) in [5.74, 6) is -1.18. The molecule has 8 atom stereocenters. The van der Waals surface area contributed by atoms with E-state index in [4.69, 9.17) is 18.5 Å². The zero-order valence-corrected chi connectivity index (χ0v) is 39.2. The largest absolute Gasteiger partial charge is 0.472 e. The quantitative estimate of drug-likeness (QED) is 0.0114. The van der Waals surface area contributed by atoms with E-state index in [-0.39, 0.29) is 12.8 Å². The Morgan fingerprint density at radius 3 is 1.47 bits per heavy atom. The van der Waals surface area contributed by atoms with E-state index in [0.29, 0.717) is 12.8 Å². The second kappa shape index (κ2) is 38.7. The fraction of sp³-hybridized carbons (Fsp3) is 0.600. The molecule has 0 radical (unpaired) electrons. The summed E-state index contributed by atoms with van der Waals surface area (Å²) in [7, 11) is -5.14. The van der Waals surface area contributed by atoms with Gasteiger partial charge in [-0.05, 0) is 83.5 Å². The minimum absolute atomic E-state index is 0.0586. The Hall–Kier alpha value is -3.49. The van der Waals surface area contributed by atoms with Crippen LogP contribution in [0, 0.1) is 0 Å². The van der Waals surface area contributed by atoms with Crippen molar-refractivity contribution in [2.24, 2.45) is 0 Å². The number of carbonyl (C=O) groups is 2. The molecule has 1 saturated carbocycles. The molecule has 0 bridgehead atoms. The topological polar surface area (TPSA) is 210 Å². The smallest absolute Gasteiger partial charge is 0.462 e. The van der Waals surface area contributed by atoms with Gasteiger partial charge in [0, 0.05) is 12.8 Å². The average Bonchev–Trinajstić information content (AvgIpc) is 3.28. The maximum absolute atomic E-state index is 12.8. The zero-order chi connectivity index (χ0) is 47.1. The number of esters is 2. The maximum Gasteiger partial charge on any atom is 0.472 e. The van der Waals surface area contributed by atoms with Crippen LogP contribution in [0.15, 0.2) is 109 Å². The van der Waals surface area contributed by atoms with E-state index >= 15 is 0 Å². The van der Waals surface area contributed by atoms with Crippen molar-refractivity contribution in [1.29, 1.82) is 0 Å². The minimum atomic E-state index is -5.14. The van der Waals surface area contributed by atoms with Gasteiger partial charge in [0.15, 0.2) is 6.10 Å². The summed E-state index contributed by atoms with van der Waals surface area (Å²) in [6.07, 6.45) is 40.0. The van der Waals surface area contributed by atoms with Gasteiger partial charge < -0.3 is 39.9 Å². The molecule has 1 fully saturated rings. The lowest BCUT2D eigenvalue weighted by Gasteiger charge is -2.41. The highest BCUT2D eigenvalue weighted by molar-refractivity contribution is 7.47. The van der Waals surface area contributed by atoms with Crippen LogP contribution in [-0.2, 0) is 32.7 Å². The Morgan fingerprint density at radius 1 is 0.500 bits per heavy atom. The molecule has 64 heavy (non-hydrogen) atoms. The molecule has 362 valence electrons. The summed E-state index contributed by atoms with van der Waals surface area (Å²) in [5, 5.41) is 50.1. The van der Waals surface area contributed by atoms with Gasteiger partial charge in [-0.1, -0.05) is 149 Å². The normalized spacial score (nSPS) is 22.6. The van der Waals surface area contributed by atoms with Crippen molar-refractivity contribution in [3.05, 3.63) is 109 Å². The third kappa shape index (κ3) is 30.6. The number of hydrogen-bond acceptors (Lipinski definition) is 12. The first kappa shape index (κ1) is 58.5. The first-order valence-electron chi connectivity index (χ1n) is 23.2. The molecule has 13 nitrogen and oxygen atoms in total. The number of ether oxygens (including phenoxy) is 2. The molecular weight excluding hydrogens is 840 g/mol. The van der Waals surface area contributed by atoms with Crippen LogP contribution < -0.4 is 0 Å². The van der Waals surface area contributed by atoms with Crippen LogP contribution in [0.25, 0.3) is 0 Å². The van der Waals surface area contributed by atoms with Gasteiger partial charge in [0.25, 0.3) is 0 Å². The fourth-order valence-corrected chi connectivity index (χ4v) is 7.20. The highest BCUT2D eigenvalue weighted by atomic mass is 31.2. The molecule has 1 aliphatic rings. The average molecular weight is 919 g/mol. The predicted molar refractivity (Wildman–Crippen MR) is 253 cm³/mol. The Morgan fingerprint density at radius 2 is 0.922 bits per heavy atom. The molecule has 0 aromatic heterocycles. The van der Waals surface area contributed by atoms with Gasteiger partial charge in [-0.25, -0.2) is 4.57 Å². The summed E-state index contributed by atoms with van der Waals surface area (Å²) < 4.78 is 33.5. The molecule has 0 heterocycles. The molecule has 1 rings (SSSR count). The van der Waals surface area contributed by atoms with Crippen molar-refractivity contribution in [2.75, 3.05) is 13.2 Å². The minimum Gasteiger partial charge on any atom is -0.462 e. The van der Waals surface area contributed by atoms with Gasteiger partial charge in [-0.3, -0.25) is 18.6 Å². The molecule has 6 N–H and O–H groups in total. The van der Waals surface area contributed by atoms with Gasteiger partial charge in [0.2, 0.25) is 0 Å². The van der Waals surface area contributed by atoms with Gasteiger partial charge in [-0.2, -0.15) is 0 Å². The van der Waals surface area contributed by atoms with Crippen molar-refractivity contribution in [3.8, 4) is 0 Å². The second-order valence-corrected chi connectivity index (χ2v) is 17.0. The molecule has 1 aliphatic carbocycles. The number of aliphatic hydroxyl groups is 5. The first-order chi connectivity index (χ1) is 30.9. The molecule has 0 aromatic rings. The lowest BCUT2D eigenvalue weighted by Crippen LogP contribution is -2.64. The molecule has 14 heteroatoms. The lowest BCUT2D eigenvalue weighted by molar-refractivity contribution is -0.220. The predicted octanol–water partition coefficient (Wildman–Crippen LogP) is 9.22. The number of carbonyl (C=O) groups excluding carboxylic acids is 2. The Balaban J connectivity index is 2.48. The van der Waals surface area contributed by atoms with Crippen LogP contribution in [0.1, 0.15) is 136 Å². The Labute approximate surface area is 383 Å². The zero-order valence-electron chi connectivity index (χ0n) is 38.3. The molecule has 0 aromatic carbocycles. The third-order valence-electron chi connectivity index (χ3n) is 9.92. The molecular formula is C50H79O13P. The SMILES string of the molecule is CC/C=C/C=C/C=C/CCCCCCCC(=O)OC(COC(=O)CCCCC/C=C/C/C=C/C/C=C/C/C=C/C/C=C/C/C=C/CC)COP(=O)(O)OC1C(O)C(O)C(O)[C@H](O)C1O. The molecule has 0 aliphatic heterocycles. The fourth-order valence-electron chi connectivity index (χ4n) is 6.23. The number of rotatable bonds is 36. The van der Waals surface area contributed by atoms with E-state index in [9.17, 15) is 44.6 Å². The number of phosphoric acid groups is 1. The summed E-state index contributed by atoms with van der Waals surface area (Å²) in [6.45, 7) is 2.98. The Bertz CT molecular complexity index is 1530. The van der Waals surface area contributed by atoms with E-state index in [1.54, 1.807) is 0 Å². The number of hydrogen-bond donors (Lipinski definition) is 6. The first-order valence-corrected chi connectivity index (χ1v) is 24.7. The second-order valence-electron chi connectivity index (χ2n) is 15.6. The number of aliphatic hydroxyl groups excluding tert-OH is 5. The summed E-state index contributed by atoms with van der Waals surface area (Å²) in [4.78, 5) is 35.7. The summed E-state index contributed by atoms with van der Waals surface area (Å²) in [5.41, 5.74) is 0. The van der Waals surface area contributed by atoms with E-state index in [1.165, 1.54) is 0 Å².